The molecular formula is C21H24OSi. The monoisotopic (exact) mass is 320 g/mol. The van der Waals surface area contributed by atoms with Crippen LogP contribution >= 0.6 is 0 Å². The molecule has 0 saturated heterocycles. The van der Waals surface area contributed by atoms with E-state index in [1.165, 1.54) is 10.4 Å². The summed E-state index contributed by atoms with van der Waals surface area (Å²) < 4.78 is 0. The molecule has 118 valence electrons. The Morgan fingerprint density at radius 1 is 1.04 bits per heavy atom. The van der Waals surface area contributed by atoms with Crippen molar-refractivity contribution >= 4 is 23.9 Å². The molecule has 2 heteroatoms. The quantitative estimate of drug-likeness (QED) is 0.561. The van der Waals surface area contributed by atoms with E-state index in [0.717, 1.165) is 6.42 Å². The lowest BCUT2D eigenvalue weighted by Gasteiger charge is -2.29. The second-order valence-corrected chi connectivity index (χ2v) is 9.75. The molecule has 0 bridgehead atoms. The molecule has 0 aliphatic heterocycles. The van der Waals surface area contributed by atoms with Gasteiger partial charge < -0.3 is 4.79 Å². The first-order valence-corrected chi connectivity index (χ1v) is 10.6. The van der Waals surface area contributed by atoms with Gasteiger partial charge in [-0.05, 0) is 16.8 Å². The number of allylic oxidation sites excluding steroid dienone is 3. The first kappa shape index (κ1) is 17.2. The van der Waals surface area contributed by atoms with Crippen molar-refractivity contribution < 1.29 is 4.79 Å². The van der Waals surface area contributed by atoms with Gasteiger partial charge in [-0.3, -0.25) is 0 Å². The third kappa shape index (κ3) is 3.59. The minimum atomic E-state index is -2.46. The van der Waals surface area contributed by atoms with Crippen molar-refractivity contribution in [2.75, 3.05) is 0 Å². The van der Waals surface area contributed by atoms with E-state index >= 15 is 0 Å². The van der Waals surface area contributed by atoms with Crippen molar-refractivity contribution in [2.45, 2.75) is 19.9 Å². The molecule has 0 aromatic heterocycles. The van der Waals surface area contributed by atoms with Crippen LogP contribution in [0.4, 0.5) is 0 Å². The Kier molecular flexibility index (Phi) is 5.88. The Morgan fingerprint density at radius 2 is 1.52 bits per heavy atom. The average Bonchev–Trinajstić information content (AvgIpc) is 2.63. The van der Waals surface area contributed by atoms with E-state index in [0.29, 0.717) is 5.41 Å². The number of hydrogen-bond acceptors (Lipinski definition) is 1. The molecule has 0 aliphatic rings. The summed E-state index contributed by atoms with van der Waals surface area (Å²) in [6.07, 6.45) is 6.43. The molecule has 0 aliphatic carbocycles. The number of benzene rings is 2. The van der Waals surface area contributed by atoms with Crippen LogP contribution in [0.1, 0.15) is 13.3 Å². The fourth-order valence-electron chi connectivity index (χ4n) is 2.99. The van der Waals surface area contributed by atoms with Crippen LogP contribution in [0.3, 0.4) is 0 Å². The molecule has 2 aromatic carbocycles. The molecule has 2 rings (SSSR count). The van der Waals surface area contributed by atoms with E-state index in [1.807, 2.05) is 48.6 Å². The minimum absolute atomic E-state index is 0.0647. The minimum Gasteiger partial charge on any atom is -0.304 e. The Balaban J connectivity index is 2.56. The number of hydrogen-bond donors (Lipinski definition) is 0. The highest BCUT2D eigenvalue weighted by Gasteiger charge is 2.42. The molecule has 1 nitrogen and oxygen atoms in total. The van der Waals surface area contributed by atoms with Crippen molar-refractivity contribution in [2.24, 2.45) is 5.92 Å². The van der Waals surface area contributed by atoms with Gasteiger partial charge in [-0.15, -0.1) is 0 Å². The van der Waals surface area contributed by atoms with E-state index in [1.54, 1.807) is 6.08 Å². The van der Waals surface area contributed by atoms with Crippen molar-refractivity contribution in [1.29, 1.82) is 0 Å². The smallest absolute Gasteiger partial charge is 0.191 e. The highest BCUT2D eigenvalue weighted by molar-refractivity contribution is 7.22. The zero-order valence-corrected chi connectivity index (χ0v) is 14.9. The molecule has 0 saturated carbocycles. The third-order valence-corrected chi connectivity index (χ3v) is 8.78. The number of rotatable bonds is 7. The van der Waals surface area contributed by atoms with E-state index in [2.05, 4.69) is 44.3 Å². The summed E-state index contributed by atoms with van der Waals surface area (Å²) >= 11 is 0. The van der Waals surface area contributed by atoms with Gasteiger partial charge >= 0.3 is 0 Å². The molecule has 1 unspecified atom stereocenters. The third-order valence-electron chi connectivity index (χ3n) is 4.45. The van der Waals surface area contributed by atoms with Gasteiger partial charge in [0, 0.05) is 5.92 Å². The van der Waals surface area contributed by atoms with Gasteiger partial charge in [-0.25, -0.2) is 0 Å². The topological polar surface area (TPSA) is 17.1 Å². The Morgan fingerprint density at radius 3 is 1.91 bits per heavy atom. The first-order chi connectivity index (χ1) is 11.1. The van der Waals surface area contributed by atoms with E-state index in [4.69, 9.17) is 0 Å². The second kappa shape index (κ2) is 7.89. The van der Waals surface area contributed by atoms with Crippen molar-refractivity contribution in [1.82, 2.24) is 0 Å². The molecule has 0 N–H and O–H groups in total. The molecule has 23 heavy (non-hydrogen) atoms. The lowest BCUT2D eigenvalue weighted by atomic mass is 10.1. The molecule has 0 amide bonds. The van der Waals surface area contributed by atoms with E-state index in [-0.39, 0.29) is 5.92 Å². The zero-order chi connectivity index (χ0) is 16.7. The number of carbonyl (C=O) groups excluding carboxylic acids is 1. The summed E-state index contributed by atoms with van der Waals surface area (Å²) in [5, 5.41) is 2.69. The van der Waals surface area contributed by atoms with Gasteiger partial charge in [0.15, 0.2) is 8.07 Å². The average molecular weight is 321 g/mol. The Hall–Kier alpha value is -2.19. The van der Waals surface area contributed by atoms with Crippen molar-refractivity contribution in [3.8, 4) is 0 Å². The summed E-state index contributed by atoms with van der Waals surface area (Å²) in [6.45, 7) is 7.96. The van der Waals surface area contributed by atoms with Crippen LogP contribution < -0.4 is 10.4 Å². The summed E-state index contributed by atoms with van der Waals surface area (Å²) in [5.74, 6) is -0.0647. The van der Waals surface area contributed by atoms with Crippen LogP contribution in [0, 0.1) is 5.92 Å². The molecule has 0 fully saturated rings. The predicted molar refractivity (Wildman–Crippen MR) is 102 cm³/mol. The molecule has 0 radical (unpaired) electrons. The molecule has 0 spiro atoms. The van der Waals surface area contributed by atoms with Crippen LogP contribution in [-0.2, 0) is 4.79 Å². The standard InChI is InChI=1S/C21H24OSi/c1-4-6-13-18(5-2)21(22)23(3,19-14-9-7-10-15-19)20-16-11-8-12-17-20/h4,6-18H,1,5H2,2-3H3/b13-6-. The Bertz CT molecular complexity index is 634. The predicted octanol–water partition coefficient (Wildman–Crippen LogP) is 3.76. The molecule has 1 atom stereocenters. The van der Waals surface area contributed by atoms with Crippen molar-refractivity contribution in [3.05, 3.63) is 85.5 Å². The van der Waals surface area contributed by atoms with Gasteiger partial charge in [0.25, 0.3) is 0 Å². The van der Waals surface area contributed by atoms with E-state index in [9.17, 15) is 4.79 Å². The fraction of sp³-hybridized carbons (Fsp3) is 0.190. The molecular weight excluding hydrogens is 296 g/mol. The largest absolute Gasteiger partial charge is 0.304 e. The van der Waals surface area contributed by atoms with Crippen LogP contribution in [0.15, 0.2) is 85.5 Å². The van der Waals surface area contributed by atoms with E-state index < -0.39 is 8.07 Å². The summed E-state index contributed by atoms with van der Waals surface area (Å²) in [7, 11) is -2.46. The SMILES string of the molecule is C=C/C=C\C(CC)C(=O)[Si](C)(c1ccccc1)c1ccccc1. The van der Waals surface area contributed by atoms with Gasteiger partial charge in [-0.2, -0.15) is 0 Å². The zero-order valence-electron chi connectivity index (χ0n) is 13.9. The fourth-order valence-corrected chi connectivity index (χ4v) is 6.65. The van der Waals surface area contributed by atoms with Crippen LogP contribution in [0.2, 0.25) is 6.55 Å². The maximum atomic E-state index is 13.5. The maximum Gasteiger partial charge on any atom is 0.191 e. The van der Waals surface area contributed by atoms with Crippen molar-refractivity contribution in [3.63, 3.8) is 0 Å². The van der Waals surface area contributed by atoms with Gasteiger partial charge in [-0.1, -0.05) is 98.9 Å². The first-order valence-electron chi connectivity index (χ1n) is 8.09. The highest BCUT2D eigenvalue weighted by Crippen LogP contribution is 2.17. The second-order valence-electron chi connectivity index (χ2n) is 5.86. The Labute approximate surface area is 140 Å². The van der Waals surface area contributed by atoms with Gasteiger partial charge in [0.1, 0.15) is 5.41 Å². The molecule has 2 aromatic rings. The summed E-state index contributed by atoms with van der Waals surface area (Å²) in [4.78, 5) is 13.5. The van der Waals surface area contributed by atoms with Gasteiger partial charge in [0.05, 0.1) is 0 Å². The van der Waals surface area contributed by atoms with Crippen LogP contribution in [-0.4, -0.2) is 13.5 Å². The molecule has 0 heterocycles. The highest BCUT2D eigenvalue weighted by atomic mass is 28.3. The van der Waals surface area contributed by atoms with Crippen LogP contribution in [0.5, 0.6) is 0 Å². The lowest BCUT2D eigenvalue weighted by Crippen LogP contribution is -2.63. The summed E-state index contributed by atoms with van der Waals surface area (Å²) in [6, 6.07) is 20.5. The summed E-state index contributed by atoms with van der Waals surface area (Å²) in [5.41, 5.74) is 0. The normalized spacial score (nSPS) is 13.0. The number of carbonyl (C=O) groups is 1. The van der Waals surface area contributed by atoms with Crippen LogP contribution in [0.25, 0.3) is 0 Å². The van der Waals surface area contributed by atoms with Gasteiger partial charge in [0.2, 0.25) is 0 Å². The lowest BCUT2D eigenvalue weighted by molar-refractivity contribution is -0.114. The maximum absolute atomic E-state index is 13.5.